The molecule has 17 heavy (non-hydrogen) atoms. The Morgan fingerprint density at radius 1 is 1.47 bits per heavy atom. The number of amides is 1. The fraction of sp³-hybridized carbons (Fsp3) is 0.333. The van der Waals surface area contributed by atoms with Gasteiger partial charge in [0.05, 0.1) is 5.56 Å². The lowest BCUT2D eigenvalue weighted by atomic mass is 10.2. The first-order chi connectivity index (χ1) is 7.71. The van der Waals surface area contributed by atoms with E-state index in [1.807, 2.05) is 0 Å². The average Bonchev–Trinajstić information content (AvgIpc) is 2.18. The third-order valence-electron chi connectivity index (χ3n) is 1.97. The Kier molecular flexibility index (Phi) is 3.82. The highest BCUT2D eigenvalue weighted by molar-refractivity contribution is 6.30. The van der Waals surface area contributed by atoms with Gasteiger partial charge in [-0.15, -0.1) is 0 Å². The minimum atomic E-state index is -4.61. The highest BCUT2D eigenvalue weighted by atomic mass is 35.5. The van der Waals surface area contributed by atoms with E-state index >= 15 is 0 Å². The van der Waals surface area contributed by atoms with Crippen LogP contribution in [0.1, 0.15) is 12.0 Å². The fourth-order valence-corrected chi connectivity index (χ4v) is 1.38. The number of pyridine rings is 1. The molecule has 0 spiro atoms. The Morgan fingerprint density at radius 2 is 2.06 bits per heavy atom. The van der Waals surface area contributed by atoms with Crippen molar-refractivity contribution < 1.29 is 18.0 Å². The summed E-state index contributed by atoms with van der Waals surface area (Å²) >= 11 is 5.39. The van der Waals surface area contributed by atoms with E-state index in [2.05, 4.69) is 0 Å². The van der Waals surface area contributed by atoms with Crippen molar-refractivity contribution in [2.75, 3.05) is 0 Å². The van der Waals surface area contributed by atoms with Gasteiger partial charge >= 0.3 is 6.18 Å². The molecule has 0 saturated carbocycles. The number of primary amides is 1. The van der Waals surface area contributed by atoms with Crippen LogP contribution in [0.15, 0.2) is 17.1 Å². The van der Waals surface area contributed by atoms with Gasteiger partial charge in [0.15, 0.2) is 0 Å². The van der Waals surface area contributed by atoms with Crippen LogP contribution in [-0.2, 0) is 17.5 Å². The van der Waals surface area contributed by atoms with Crippen molar-refractivity contribution in [3.63, 3.8) is 0 Å². The number of rotatable bonds is 3. The highest BCUT2D eigenvalue weighted by Gasteiger charge is 2.32. The number of aryl methyl sites for hydroxylation is 1. The summed E-state index contributed by atoms with van der Waals surface area (Å²) in [5.74, 6) is -0.717. The number of nitrogens with two attached hydrogens (primary N) is 1. The first kappa shape index (κ1) is 13.6. The van der Waals surface area contributed by atoms with E-state index in [1.165, 1.54) is 0 Å². The fourth-order valence-electron chi connectivity index (χ4n) is 1.15. The molecule has 0 aliphatic heterocycles. The van der Waals surface area contributed by atoms with E-state index < -0.39 is 28.2 Å². The average molecular weight is 269 g/mol. The SMILES string of the molecule is NC(=O)CCn1cc(C(F)(F)F)cc(Cl)c1=O. The number of carbonyl (C=O) groups is 1. The molecule has 0 saturated heterocycles. The summed E-state index contributed by atoms with van der Waals surface area (Å²) in [5.41, 5.74) is 3.00. The number of hydrogen-bond donors (Lipinski definition) is 1. The molecule has 1 heterocycles. The van der Waals surface area contributed by atoms with Gasteiger partial charge in [0, 0.05) is 19.2 Å². The van der Waals surface area contributed by atoms with Crippen molar-refractivity contribution in [2.45, 2.75) is 19.1 Å². The monoisotopic (exact) mass is 268 g/mol. The largest absolute Gasteiger partial charge is 0.417 e. The van der Waals surface area contributed by atoms with Crippen molar-refractivity contribution >= 4 is 17.5 Å². The minimum Gasteiger partial charge on any atom is -0.370 e. The molecule has 4 nitrogen and oxygen atoms in total. The van der Waals surface area contributed by atoms with Crippen molar-refractivity contribution in [2.24, 2.45) is 5.73 Å². The van der Waals surface area contributed by atoms with Crippen LogP contribution in [0.2, 0.25) is 5.02 Å². The zero-order chi connectivity index (χ0) is 13.2. The van der Waals surface area contributed by atoms with E-state index in [0.29, 0.717) is 12.3 Å². The molecule has 2 N–H and O–H groups in total. The summed E-state index contributed by atoms with van der Waals surface area (Å²) in [7, 11) is 0. The van der Waals surface area contributed by atoms with Gasteiger partial charge in [-0.1, -0.05) is 11.6 Å². The lowest BCUT2D eigenvalue weighted by molar-refractivity contribution is -0.138. The van der Waals surface area contributed by atoms with Crippen LogP contribution in [0.25, 0.3) is 0 Å². The van der Waals surface area contributed by atoms with Crippen LogP contribution in [0, 0.1) is 0 Å². The van der Waals surface area contributed by atoms with Gasteiger partial charge in [-0.05, 0) is 6.07 Å². The van der Waals surface area contributed by atoms with Gasteiger partial charge in [0.2, 0.25) is 5.91 Å². The van der Waals surface area contributed by atoms with E-state index in [9.17, 15) is 22.8 Å². The number of nitrogens with zero attached hydrogens (tertiary/aromatic N) is 1. The number of aromatic nitrogens is 1. The molecule has 0 bridgehead atoms. The molecule has 1 aromatic rings. The van der Waals surface area contributed by atoms with Crippen molar-refractivity contribution in [1.82, 2.24) is 4.57 Å². The molecule has 94 valence electrons. The summed E-state index contributed by atoms with van der Waals surface area (Å²) in [6.45, 7) is -0.238. The third kappa shape index (κ3) is 3.48. The van der Waals surface area contributed by atoms with Gasteiger partial charge in [-0.2, -0.15) is 13.2 Å². The summed E-state index contributed by atoms with van der Waals surface area (Å²) in [6, 6.07) is 0.546. The van der Waals surface area contributed by atoms with E-state index in [0.717, 1.165) is 4.57 Å². The molecule has 1 aromatic heterocycles. The molecule has 8 heteroatoms. The maximum atomic E-state index is 12.4. The topological polar surface area (TPSA) is 65.1 Å². The zero-order valence-corrected chi connectivity index (χ0v) is 9.18. The summed E-state index contributed by atoms with van der Waals surface area (Å²) in [6.07, 6.45) is -4.24. The van der Waals surface area contributed by atoms with Crippen LogP contribution in [0.3, 0.4) is 0 Å². The zero-order valence-electron chi connectivity index (χ0n) is 8.42. The Balaban J connectivity index is 3.16. The predicted octanol–water partition coefficient (Wildman–Crippen LogP) is 1.40. The number of halogens is 4. The Morgan fingerprint density at radius 3 is 2.53 bits per heavy atom. The van der Waals surface area contributed by atoms with Crippen LogP contribution < -0.4 is 11.3 Å². The number of alkyl halides is 3. The van der Waals surface area contributed by atoms with E-state index in [4.69, 9.17) is 17.3 Å². The minimum absolute atomic E-state index is 0.238. The molecule has 0 fully saturated rings. The highest BCUT2D eigenvalue weighted by Crippen LogP contribution is 2.29. The summed E-state index contributed by atoms with van der Waals surface area (Å²) < 4.78 is 38.0. The molecule has 1 rings (SSSR count). The molecule has 0 atom stereocenters. The standard InChI is InChI=1S/C9H8ClF3N2O2/c10-6-3-5(9(11,12)13)4-15(8(6)17)2-1-7(14)16/h3-4H,1-2H2,(H2,14,16). The summed E-state index contributed by atoms with van der Waals surface area (Å²) in [4.78, 5) is 21.9. The van der Waals surface area contributed by atoms with Crippen LogP contribution in [-0.4, -0.2) is 10.5 Å². The third-order valence-corrected chi connectivity index (χ3v) is 2.24. The first-order valence-electron chi connectivity index (χ1n) is 4.47. The number of hydrogen-bond acceptors (Lipinski definition) is 2. The van der Waals surface area contributed by atoms with Gasteiger partial charge in [-0.3, -0.25) is 9.59 Å². The van der Waals surface area contributed by atoms with Crippen molar-refractivity contribution in [1.29, 1.82) is 0 Å². The number of carbonyl (C=O) groups excluding carboxylic acids is 1. The van der Waals surface area contributed by atoms with Gasteiger partial charge in [-0.25, -0.2) is 0 Å². The molecule has 0 unspecified atom stereocenters. The van der Waals surface area contributed by atoms with Gasteiger partial charge in [0.1, 0.15) is 5.02 Å². The molecule has 0 radical (unpaired) electrons. The maximum Gasteiger partial charge on any atom is 0.417 e. The normalized spacial score (nSPS) is 11.5. The summed E-state index contributed by atoms with van der Waals surface area (Å²) in [5, 5.41) is -0.552. The van der Waals surface area contributed by atoms with Gasteiger partial charge in [0.25, 0.3) is 5.56 Å². The Hall–Kier alpha value is -1.50. The second-order valence-electron chi connectivity index (χ2n) is 3.29. The second kappa shape index (κ2) is 4.79. The molecule has 0 aromatic carbocycles. The quantitative estimate of drug-likeness (QED) is 0.900. The lowest BCUT2D eigenvalue weighted by Crippen LogP contribution is -2.25. The predicted molar refractivity (Wildman–Crippen MR) is 54.5 cm³/mol. The molecular formula is C9H8ClF3N2O2. The van der Waals surface area contributed by atoms with E-state index in [1.54, 1.807) is 0 Å². The van der Waals surface area contributed by atoms with E-state index in [-0.39, 0.29) is 13.0 Å². The second-order valence-corrected chi connectivity index (χ2v) is 3.70. The lowest BCUT2D eigenvalue weighted by Gasteiger charge is -2.11. The molecule has 0 aliphatic rings. The smallest absolute Gasteiger partial charge is 0.370 e. The Bertz CT molecular complexity index is 496. The van der Waals surface area contributed by atoms with Crippen LogP contribution >= 0.6 is 11.6 Å². The Labute approximate surface area is 98.8 Å². The van der Waals surface area contributed by atoms with Crippen molar-refractivity contribution in [3.05, 3.63) is 33.2 Å². The van der Waals surface area contributed by atoms with Crippen LogP contribution in [0.5, 0.6) is 0 Å². The molecule has 0 aliphatic carbocycles. The van der Waals surface area contributed by atoms with Crippen LogP contribution in [0.4, 0.5) is 13.2 Å². The molecular weight excluding hydrogens is 261 g/mol. The first-order valence-corrected chi connectivity index (χ1v) is 4.85. The van der Waals surface area contributed by atoms with Gasteiger partial charge < -0.3 is 10.3 Å². The molecule has 1 amide bonds. The maximum absolute atomic E-state index is 12.4. The van der Waals surface area contributed by atoms with Crippen molar-refractivity contribution in [3.8, 4) is 0 Å².